The lowest BCUT2D eigenvalue weighted by atomic mass is 9.98. The van der Waals surface area contributed by atoms with E-state index in [0.717, 1.165) is 22.3 Å². The molecular weight excluding hydrogens is 741 g/mol. The highest BCUT2D eigenvalue weighted by Gasteiger charge is 2.20. The van der Waals surface area contributed by atoms with E-state index in [4.69, 9.17) is 14.2 Å². The van der Waals surface area contributed by atoms with Crippen molar-refractivity contribution in [1.29, 1.82) is 0 Å². The highest BCUT2D eigenvalue weighted by molar-refractivity contribution is 5.94. The molecule has 6 aromatic rings. The SMILES string of the molecule is COc1ccc(CN(CCCNC[C@H](O)c2ccc(O)c3[nH]c(=O)ccc23)C(=O)c2ccc(COc3cccc([C@@H](NC(=O)O)c4ccccc4)c3)cc2)c(OC)c1. The summed E-state index contributed by atoms with van der Waals surface area (Å²) >= 11 is 0. The number of nitrogens with zero attached hydrogens (tertiary/aromatic N) is 1. The van der Waals surface area contributed by atoms with Gasteiger partial charge in [0.1, 0.15) is 29.6 Å². The Morgan fingerprint density at radius 2 is 1.60 bits per heavy atom. The largest absolute Gasteiger partial charge is 0.506 e. The molecule has 2 atom stereocenters. The number of hydrogen-bond acceptors (Lipinski definition) is 9. The summed E-state index contributed by atoms with van der Waals surface area (Å²) in [5.74, 6) is 1.53. The van der Waals surface area contributed by atoms with Gasteiger partial charge in [-0.2, -0.15) is 0 Å². The van der Waals surface area contributed by atoms with Gasteiger partial charge in [-0.25, -0.2) is 4.79 Å². The number of H-pyrrole nitrogens is 1. The van der Waals surface area contributed by atoms with E-state index in [9.17, 15) is 29.7 Å². The molecule has 0 fully saturated rings. The van der Waals surface area contributed by atoms with Crippen LogP contribution in [0.4, 0.5) is 4.79 Å². The number of aliphatic hydroxyl groups is 1. The monoisotopic (exact) mass is 786 g/mol. The lowest BCUT2D eigenvalue weighted by Crippen LogP contribution is -2.34. The Hall–Kier alpha value is -6.83. The highest BCUT2D eigenvalue weighted by Crippen LogP contribution is 2.30. The number of carbonyl (C=O) groups is 2. The van der Waals surface area contributed by atoms with Crippen LogP contribution in [0.25, 0.3) is 10.9 Å². The zero-order chi connectivity index (χ0) is 41.0. The second-order valence-electron chi connectivity index (χ2n) is 13.6. The molecule has 0 unspecified atom stereocenters. The van der Waals surface area contributed by atoms with Crippen molar-refractivity contribution in [2.24, 2.45) is 0 Å². The van der Waals surface area contributed by atoms with Crippen LogP contribution in [0.1, 0.15) is 56.7 Å². The van der Waals surface area contributed by atoms with E-state index >= 15 is 0 Å². The number of aromatic hydroxyl groups is 1. The molecule has 0 spiro atoms. The van der Waals surface area contributed by atoms with Gasteiger partial charge in [0.15, 0.2) is 0 Å². The molecule has 0 aliphatic rings. The summed E-state index contributed by atoms with van der Waals surface area (Å²) in [6.07, 6.45) is -1.48. The highest BCUT2D eigenvalue weighted by atomic mass is 16.5. The van der Waals surface area contributed by atoms with Crippen LogP contribution >= 0.6 is 0 Å². The van der Waals surface area contributed by atoms with Gasteiger partial charge in [-0.3, -0.25) is 9.59 Å². The number of aliphatic hydroxyl groups excluding tert-OH is 1. The molecule has 1 heterocycles. The predicted octanol–water partition coefficient (Wildman–Crippen LogP) is 6.54. The summed E-state index contributed by atoms with van der Waals surface area (Å²) in [6.45, 7) is 1.59. The van der Waals surface area contributed by atoms with Crippen LogP contribution in [0.2, 0.25) is 0 Å². The number of methoxy groups -OCH3 is 2. The second-order valence-corrected chi connectivity index (χ2v) is 13.6. The molecule has 300 valence electrons. The third-order valence-electron chi connectivity index (χ3n) is 9.73. The van der Waals surface area contributed by atoms with Crippen molar-refractivity contribution in [3.8, 4) is 23.0 Å². The molecule has 2 amide bonds. The number of phenolic OH excluding ortho intramolecular Hbond substituents is 1. The minimum Gasteiger partial charge on any atom is -0.506 e. The van der Waals surface area contributed by atoms with Crippen molar-refractivity contribution in [3.05, 3.63) is 165 Å². The number of nitrogens with one attached hydrogen (secondary N) is 3. The summed E-state index contributed by atoms with van der Waals surface area (Å²) in [5.41, 5.74) is 4.14. The second kappa shape index (κ2) is 19.4. The molecule has 1 aromatic heterocycles. The molecule has 0 radical (unpaired) electrons. The van der Waals surface area contributed by atoms with E-state index in [2.05, 4.69) is 15.6 Å². The molecule has 13 nitrogen and oxygen atoms in total. The summed E-state index contributed by atoms with van der Waals surface area (Å²) < 4.78 is 17.1. The summed E-state index contributed by atoms with van der Waals surface area (Å²) in [6, 6.07) is 34.7. The maximum absolute atomic E-state index is 14.1. The molecule has 0 bridgehead atoms. The molecule has 0 aliphatic heterocycles. The summed E-state index contributed by atoms with van der Waals surface area (Å²) in [5, 5.41) is 37.1. The molecular formula is C45H46N4O9. The van der Waals surface area contributed by atoms with Gasteiger partial charge in [-0.1, -0.05) is 60.7 Å². The van der Waals surface area contributed by atoms with Crippen LogP contribution in [0.15, 0.2) is 126 Å². The molecule has 5 aromatic carbocycles. The van der Waals surface area contributed by atoms with Crippen molar-refractivity contribution in [3.63, 3.8) is 0 Å². The van der Waals surface area contributed by atoms with Crippen LogP contribution in [0.3, 0.4) is 0 Å². The minimum absolute atomic E-state index is 0.0785. The number of phenols is 1. The first kappa shape index (κ1) is 40.8. The Balaban J connectivity index is 1.10. The number of hydrogen-bond donors (Lipinski definition) is 6. The van der Waals surface area contributed by atoms with E-state index in [1.807, 2.05) is 78.9 Å². The smallest absolute Gasteiger partial charge is 0.405 e. The molecule has 6 N–H and O–H groups in total. The number of ether oxygens (including phenoxy) is 3. The van der Waals surface area contributed by atoms with Crippen LogP contribution in [0.5, 0.6) is 23.0 Å². The first-order valence-corrected chi connectivity index (χ1v) is 18.7. The number of fused-ring (bicyclic) bond motifs is 1. The Labute approximate surface area is 335 Å². The van der Waals surface area contributed by atoms with Crippen molar-refractivity contribution < 1.29 is 39.1 Å². The van der Waals surface area contributed by atoms with Crippen LogP contribution in [-0.4, -0.2) is 71.1 Å². The Kier molecular flexibility index (Phi) is 13.6. The first-order valence-electron chi connectivity index (χ1n) is 18.7. The number of aromatic nitrogens is 1. The quantitative estimate of drug-likeness (QED) is 0.0524. The number of carboxylic acid groups (broad SMARTS) is 1. The molecule has 0 aliphatic carbocycles. The maximum atomic E-state index is 14.1. The van der Waals surface area contributed by atoms with Gasteiger partial charge in [0.05, 0.1) is 31.9 Å². The van der Waals surface area contributed by atoms with Gasteiger partial charge in [-0.05, 0) is 83.8 Å². The maximum Gasteiger partial charge on any atom is 0.405 e. The zero-order valence-electron chi connectivity index (χ0n) is 32.2. The van der Waals surface area contributed by atoms with Gasteiger partial charge < -0.3 is 50.0 Å². The van der Waals surface area contributed by atoms with E-state index in [1.165, 1.54) is 12.1 Å². The van der Waals surface area contributed by atoms with Crippen molar-refractivity contribution in [2.75, 3.05) is 33.9 Å². The number of rotatable bonds is 18. The lowest BCUT2D eigenvalue weighted by Gasteiger charge is -2.24. The van der Waals surface area contributed by atoms with Crippen LogP contribution < -0.4 is 30.4 Å². The first-order chi connectivity index (χ1) is 28.1. The fourth-order valence-corrected chi connectivity index (χ4v) is 6.74. The molecule has 0 saturated heterocycles. The van der Waals surface area contributed by atoms with Crippen molar-refractivity contribution in [1.82, 2.24) is 20.5 Å². The zero-order valence-corrected chi connectivity index (χ0v) is 32.2. The van der Waals surface area contributed by atoms with E-state index in [-0.39, 0.29) is 42.4 Å². The number of amides is 2. The normalized spacial score (nSPS) is 12.1. The standard InChI is InChI=1S/C45H46N4O9/c1-56-34-17-16-33(40(25-34)57-2)27-49(23-7-22-46-26-39(51)36-18-20-38(50)43-37(36)19-21-41(52)47-43)44(53)31-14-12-29(13-15-31)28-58-35-11-6-10-32(24-35)42(48-45(54)55)30-8-4-3-5-9-30/h3-6,8-21,24-25,39,42,46,48,50-51H,7,22-23,26-28H2,1-2H3,(H,47,52)(H,54,55)/t39-,42-/m0/s1. The number of carbonyl (C=O) groups excluding carboxylic acids is 1. The fraction of sp³-hybridized carbons (Fsp3) is 0.222. The third kappa shape index (κ3) is 10.3. The average Bonchev–Trinajstić information content (AvgIpc) is 3.24. The Morgan fingerprint density at radius 1 is 0.828 bits per heavy atom. The molecule has 13 heteroatoms. The Morgan fingerprint density at radius 3 is 2.34 bits per heavy atom. The number of pyridine rings is 1. The van der Waals surface area contributed by atoms with Crippen molar-refractivity contribution in [2.45, 2.75) is 31.7 Å². The Bertz CT molecular complexity index is 2390. The van der Waals surface area contributed by atoms with Gasteiger partial charge in [0.2, 0.25) is 5.56 Å². The van der Waals surface area contributed by atoms with Gasteiger partial charge in [-0.15, -0.1) is 0 Å². The van der Waals surface area contributed by atoms with Gasteiger partial charge in [0.25, 0.3) is 5.91 Å². The van der Waals surface area contributed by atoms with E-state index in [1.54, 1.807) is 49.5 Å². The van der Waals surface area contributed by atoms with Gasteiger partial charge >= 0.3 is 6.09 Å². The average molecular weight is 787 g/mol. The summed E-state index contributed by atoms with van der Waals surface area (Å²) in [7, 11) is 3.15. The molecule has 6 rings (SSSR count). The molecule has 0 saturated carbocycles. The van der Waals surface area contributed by atoms with E-state index in [0.29, 0.717) is 53.3 Å². The molecule has 58 heavy (non-hydrogen) atoms. The summed E-state index contributed by atoms with van der Waals surface area (Å²) in [4.78, 5) is 41.8. The van der Waals surface area contributed by atoms with Gasteiger partial charge in [0, 0.05) is 48.3 Å². The van der Waals surface area contributed by atoms with Crippen molar-refractivity contribution >= 4 is 22.9 Å². The van der Waals surface area contributed by atoms with Crippen LogP contribution in [-0.2, 0) is 13.2 Å². The fourth-order valence-electron chi connectivity index (χ4n) is 6.74. The minimum atomic E-state index is -1.13. The van der Waals surface area contributed by atoms with E-state index < -0.39 is 18.2 Å². The predicted molar refractivity (Wildman–Crippen MR) is 220 cm³/mol. The topological polar surface area (TPSA) is 183 Å². The third-order valence-corrected chi connectivity index (χ3v) is 9.73. The number of benzene rings is 5. The van der Waals surface area contributed by atoms with Crippen LogP contribution in [0, 0.1) is 0 Å². The number of aromatic amines is 1. The lowest BCUT2D eigenvalue weighted by molar-refractivity contribution is 0.0739.